The van der Waals surface area contributed by atoms with E-state index in [1.807, 2.05) is 13.8 Å². The Hall–Kier alpha value is -0.610. The fourth-order valence-corrected chi connectivity index (χ4v) is 2.02. The zero-order valence-corrected chi connectivity index (χ0v) is 10.9. The molecule has 0 saturated heterocycles. The summed E-state index contributed by atoms with van der Waals surface area (Å²) in [5.41, 5.74) is 0. The van der Waals surface area contributed by atoms with Gasteiger partial charge in [0.05, 0.1) is 0 Å². The van der Waals surface area contributed by atoms with Crippen LogP contribution < -0.4 is 5.32 Å². The Labute approximate surface area is 104 Å². The van der Waals surface area contributed by atoms with Crippen molar-refractivity contribution >= 4 is 5.97 Å². The number of rotatable bonds is 9. The second kappa shape index (κ2) is 7.67. The average Bonchev–Trinajstić information content (AvgIpc) is 2.17. The smallest absolute Gasteiger partial charge is 0.320 e. The highest BCUT2D eigenvalue weighted by atomic mass is 16.5. The molecule has 0 radical (unpaired) electrons. The van der Waals surface area contributed by atoms with Crippen LogP contribution in [0.3, 0.4) is 0 Å². The van der Waals surface area contributed by atoms with E-state index >= 15 is 0 Å². The molecule has 0 spiro atoms. The van der Waals surface area contributed by atoms with Crippen LogP contribution >= 0.6 is 0 Å². The van der Waals surface area contributed by atoms with Crippen LogP contribution in [0.2, 0.25) is 0 Å². The largest absolute Gasteiger partial charge is 0.480 e. The molecule has 0 aromatic carbocycles. The number of ether oxygens (including phenoxy) is 1. The van der Waals surface area contributed by atoms with Gasteiger partial charge in [0.1, 0.15) is 6.04 Å². The standard InChI is InChI=1S/C13H25NO3/c1-10(2)14-12(13(15)16)7-9-17-8-6-11-4-3-5-11/h10-12,14H,3-9H2,1-2H3,(H,15,16). The van der Waals surface area contributed by atoms with Crippen molar-refractivity contribution in [3.63, 3.8) is 0 Å². The van der Waals surface area contributed by atoms with Gasteiger partial charge in [-0.05, 0) is 18.8 Å². The molecule has 2 N–H and O–H groups in total. The number of aliphatic carboxylic acids is 1. The van der Waals surface area contributed by atoms with Crippen LogP contribution in [0.25, 0.3) is 0 Å². The quantitative estimate of drug-likeness (QED) is 0.608. The van der Waals surface area contributed by atoms with Gasteiger partial charge >= 0.3 is 5.97 Å². The lowest BCUT2D eigenvalue weighted by Gasteiger charge is -2.25. The molecule has 1 rings (SSSR count). The van der Waals surface area contributed by atoms with Crippen molar-refractivity contribution in [2.75, 3.05) is 13.2 Å². The van der Waals surface area contributed by atoms with Gasteiger partial charge in [-0.3, -0.25) is 4.79 Å². The zero-order chi connectivity index (χ0) is 12.7. The highest BCUT2D eigenvalue weighted by molar-refractivity contribution is 5.73. The summed E-state index contributed by atoms with van der Waals surface area (Å²) in [6.07, 6.45) is 5.73. The molecule has 0 amide bonds. The van der Waals surface area contributed by atoms with Crippen molar-refractivity contribution in [2.24, 2.45) is 5.92 Å². The second-order valence-corrected chi connectivity index (χ2v) is 5.20. The number of hydrogen-bond acceptors (Lipinski definition) is 3. The fraction of sp³-hybridized carbons (Fsp3) is 0.923. The minimum absolute atomic E-state index is 0.186. The van der Waals surface area contributed by atoms with E-state index in [9.17, 15) is 4.79 Å². The lowest BCUT2D eigenvalue weighted by molar-refractivity contribution is -0.140. The topological polar surface area (TPSA) is 58.6 Å². The van der Waals surface area contributed by atoms with Crippen molar-refractivity contribution in [3.05, 3.63) is 0 Å². The average molecular weight is 243 g/mol. The normalized spacial score (nSPS) is 18.1. The van der Waals surface area contributed by atoms with Crippen LogP contribution in [0.4, 0.5) is 0 Å². The van der Waals surface area contributed by atoms with Crippen molar-refractivity contribution in [1.82, 2.24) is 5.32 Å². The maximum Gasteiger partial charge on any atom is 0.320 e. The van der Waals surface area contributed by atoms with Crippen LogP contribution in [0.5, 0.6) is 0 Å². The Morgan fingerprint density at radius 3 is 2.59 bits per heavy atom. The van der Waals surface area contributed by atoms with Gasteiger partial charge in [-0.1, -0.05) is 33.1 Å². The van der Waals surface area contributed by atoms with Crippen LogP contribution in [0.15, 0.2) is 0 Å². The summed E-state index contributed by atoms with van der Waals surface area (Å²) in [6.45, 7) is 5.21. The van der Waals surface area contributed by atoms with Gasteiger partial charge in [-0.25, -0.2) is 0 Å². The molecule has 0 aromatic rings. The molecule has 4 nitrogen and oxygen atoms in total. The van der Waals surface area contributed by atoms with Gasteiger partial charge in [0.2, 0.25) is 0 Å². The minimum Gasteiger partial charge on any atom is -0.480 e. The van der Waals surface area contributed by atoms with Crippen LogP contribution in [-0.2, 0) is 9.53 Å². The van der Waals surface area contributed by atoms with E-state index in [1.54, 1.807) is 0 Å². The highest BCUT2D eigenvalue weighted by Gasteiger charge is 2.18. The lowest BCUT2D eigenvalue weighted by atomic mass is 9.83. The summed E-state index contributed by atoms with van der Waals surface area (Å²) in [5.74, 6) is 0.0698. The molecule has 4 heteroatoms. The maximum absolute atomic E-state index is 10.9. The van der Waals surface area contributed by atoms with Crippen LogP contribution in [0, 0.1) is 5.92 Å². The van der Waals surface area contributed by atoms with Crippen LogP contribution in [-0.4, -0.2) is 36.4 Å². The Balaban J connectivity index is 2.02. The van der Waals surface area contributed by atoms with Crippen molar-refractivity contribution < 1.29 is 14.6 Å². The summed E-state index contributed by atoms with van der Waals surface area (Å²) in [7, 11) is 0. The SMILES string of the molecule is CC(C)NC(CCOCCC1CCC1)C(=O)O. The number of hydrogen-bond donors (Lipinski definition) is 2. The Morgan fingerprint density at radius 1 is 1.41 bits per heavy atom. The van der Waals surface area contributed by atoms with Crippen LogP contribution in [0.1, 0.15) is 46.0 Å². The van der Waals surface area contributed by atoms with E-state index in [2.05, 4.69) is 5.32 Å². The minimum atomic E-state index is -0.790. The fourth-order valence-electron chi connectivity index (χ4n) is 2.02. The van der Waals surface area contributed by atoms with E-state index in [0.717, 1.165) is 18.9 Å². The molecule has 0 aliphatic heterocycles. The number of carboxylic acid groups (broad SMARTS) is 1. The molecule has 1 aliphatic rings. The summed E-state index contributed by atoms with van der Waals surface area (Å²) in [6, 6.07) is -0.301. The van der Waals surface area contributed by atoms with E-state index in [4.69, 9.17) is 9.84 Å². The molecule has 1 saturated carbocycles. The molecule has 100 valence electrons. The van der Waals surface area contributed by atoms with E-state index in [-0.39, 0.29) is 6.04 Å². The van der Waals surface area contributed by atoms with Gasteiger partial charge in [-0.2, -0.15) is 0 Å². The molecule has 1 fully saturated rings. The van der Waals surface area contributed by atoms with Gasteiger partial charge in [0.25, 0.3) is 0 Å². The Morgan fingerprint density at radius 2 is 2.12 bits per heavy atom. The van der Waals surface area contributed by atoms with E-state index in [1.165, 1.54) is 19.3 Å². The number of carboxylic acids is 1. The molecular formula is C13H25NO3. The molecule has 1 unspecified atom stereocenters. The molecule has 17 heavy (non-hydrogen) atoms. The zero-order valence-electron chi connectivity index (χ0n) is 10.9. The molecule has 1 aliphatic carbocycles. The van der Waals surface area contributed by atoms with Gasteiger partial charge < -0.3 is 15.2 Å². The van der Waals surface area contributed by atoms with Crippen molar-refractivity contribution in [3.8, 4) is 0 Å². The second-order valence-electron chi connectivity index (χ2n) is 5.20. The Bertz CT molecular complexity index is 227. The van der Waals surface area contributed by atoms with E-state index in [0.29, 0.717) is 13.0 Å². The maximum atomic E-state index is 10.9. The third-order valence-corrected chi connectivity index (χ3v) is 3.28. The summed E-state index contributed by atoms with van der Waals surface area (Å²) in [5, 5.41) is 12.0. The predicted molar refractivity (Wildman–Crippen MR) is 67.1 cm³/mol. The molecule has 1 atom stereocenters. The molecule has 0 heterocycles. The third kappa shape index (κ3) is 6.03. The first-order valence-electron chi connectivity index (χ1n) is 6.66. The van der Waals surface area contributed by atoms with Gasteiger partial charge in [-0.15, -0.1) is 0 Å². The van der Waals surface area contributed by atoms with Gasteiger partial charge in [0.15, 0.2) is 0 Å². The van der Waals surface area contributed by atoms with Crippen molar-refractivity contribution in [1.29, 1.82) is 0 Å². The predicted octanol–water partition coefficient (Wildman–Crippen LogP) is 2.03. The summed E-state index contributed by atoms with van der Waals surface area (Å²) in [4.78, 5) is 10.9. The molecule has 0 bridgehead atoms. The first kappa shape index (κ1) is 14.5. The lowest BCUT2D eigenvalue weighted by Crippen LogP contribution is -2.41. The third-order valence-electron chi connectivity index (χ3n) is 3.28. The van der Waals surface area contributed by atoms with E-state index < -0.39 is 12.0 Å². The number of nitrogens with one attached hydrogen (secondary N) is 1. The monoisotopic (exact) mass is 243 g/mol. The first-order valence-corrected chi connectivity index (χ1v) is 6.66. The van der Waals surface area contributed by atoms with Crippen molar-refractivity contribution in [2.45, 2.75) is 58.0 Å². The Kier molecular flexibility index (Phi) is 6.52. The number of carbonyl (C=O) groups is 1. The molecule has 0 aromatic heterocycles. The highest BCUT2D eigenvalue weighted by Crippen LogP contribution is 2.29. The summed E-state index contributed by atoms with van der Waals surface area (Å²) < 4.78 is 5.50. The molecular weight excluding hydrogens is 218 g/mol. The van der Waals surface area contributed by atoms with Gasteiger partial charge in [0, 0.05) is 19.3 Å². The first-order chi connectivity index (χ1) is 8.09. The summed E-state index contributed by atoms with van der Waals surface area (Å²) >= 11 is 0.